The first-order chi connectivity index (χ1) is 15.5. The highest BCUT2D eigenvalue weighted by Crippen LogP contribution is 2.54. The van der Waals surface area contributed by atoms with Gasteiger partial charge in [-0.15, -0.1) is 39.1 Å². The molecule has 0 unspecified atom stereocenters. The van der Waals surface area contributed by atoms with E-state index < -0.39 is 0 Å². The number of fused-ring (bicyclic) bond motifs is 3. The molecule has 0 radical (unpaired) electrons. The van der Waals surface area contributed by atoms with Crippen LogP contribution in [0.25, 0.3) is 52.2 Å². The van der Waals surface area contributed by atoms with Crippen molar-refractivity contribution in [2.75, 3.05) is 0 Å². The first-order valence-electron chi connectivity index (χ1n) is 9.97. The number of thiazole rings is 2. The summed E-state index contributed by atoms with van der Waals surface area (Å²) >= 11 is 4.17. The van der Waals surface area contributed by atoms with Crippen LogP contribution in [-0.4, -0.2) is 44.6 Å². The average Bonchev–Trinajstić information content (AvgIpc) is 3.17. The monoisotopic (exact) mass is 484 g/mol. The van der Waals surface area contributed by atoms with Crippen molar-refractivity contribution in [3.63, 3.8) is 0 Å². The molecule has 0 aliphatic heterocycles. The van der Waals surface area contributed by atoms with Crippen molar-refractivity contribution in [3.8, 4) is 38.7 Å². The Morgan fingerprint density at radius 3 is 2.53 bits per heavy atom. The summed E-state index contributed by atoms with van der Waals surface area (Å²) in [6, 6.07) is 0.266. The third-order valence-electron chi connectivity index (χ3n) is 6.11. The second kappa shape index (κ2) is 6.03. The van der Waals surface area contributed by atoms with E-state index >= 15 is 0 Å². The zero-order chi connectivity index (χ0) is 21.9. The fourth-order valence-corrected chi connectivity index (χ4v) is 7.45. The van der Waals surface area contributed by atoms with Crippen LogP contribution in [0.1, 0.15) is 24.4 Å². The van der Waals surface area contributed by atoms with Gasteiger partial charge in [0.15, 0.2) is 22.8 Å². The molecule has 7 rings (SSSR count). The van der Waals surface area contributed by atoms with Crippen molar-refractivity contribution in [1.82, 2.24) is 29.3 Å². The Morgan fingerprint density at radius 1 is 1.03 bits per heavy atom. The van der Waals surface area contributed by atoms with Crippen molar-refractivity contribution in [2.24, 2.45) is 7.05 Å². The number of thiophene rings is 1. The normalized spacial score (nSPS) is 14.6. The van der Waals surface area contributed by atoms with E-state index in [9.17, 15) is 15.3 Å². The molecule has 6 heterocycles. The van der Waals surface area contributed by atoms with Crippen molar-refractivity contribution < 1.29 is 15.3 Å². The number of rotatable bonds is 3. The fourth-order valence-electron chi connectivity index (χ4n) is 4.41. The molecular weight excluding hydrogens is 468 g/mol. The van der Waals surface area contributed by atoms with Crippen molar-refractivity contribution >= 4 is 64.9 Å². The lowest BCUT2D eigenvalue weighted by Gasteiger charge is -2.09. The number of aromatic nitrogens is 6. The molecule has 4 N–H and O–H groups in total. The van der Waals surface area contributed by atoms with Gasteiger partial charge >= 0.3 is 0 Å². The Balaban J connectivity index is 1.49. The van der Waals surface area contributed by atoms with Crippen molar-refractivity contribution in [2.45, 2.75) is 25.8 Å². The van der Waals surface area contributed by atoms with Crippen LogP contribution >= 0.6 is 34.0 Å². The van der Waals surface area contributed by atoms with E-state index in [0.29, 0.717) is 20.1 Å². The largest absolute Gasteiger partial charge is 0.504 e. The van der Waals surface area contributed by atoms with Crippen molar-refractivity contribution in [1.29, 1.82) is 0 Å². The summed E-state index contributed by atoms with van der Waals surface area (Å²) in [4.78, 5) is 10.1. The topological polar surface area (TPSA) is 125 Å². The van der Waals surface area contributed by atoms with Crippen LogP contribution in [0.2, 0.25) is 0 Å². The molecule has 1 saturated carbocycles. The predicted octanol–water partition coefficient (Wildman–Crippen LogP) is 5.08. The number of nitrogens with zero attached hydrogens (tertiary/aromatic N) is 5. The summed E-state index contributed by atoms with van der Waals surface area (Å²) in [5.41, 5.74) is 6.21. The summed E-state index contributed by atoms with van der Waals surface area (Å²) in [6.45, 7) is 1.96. The summed E-state index contributed by atoms with van der Waals surface area (Å²) < 4.78 is 6.07. The molecule has 0 spiro atoms. The quantitative estimate of drug-likeness (QED) is 0.278. The Hall–Kier alpha value is -3.09. The van der Waals surface area contributed by atoms with Gasteiger partial charge in [0.1, 0.15) is 30.5 Å². The zero-order valence-corrected chi connectivity index (χ0v) is 19.3. The van der Waals surface area contributed by atoms with Gasteiger partial charge in [0.05, 0.1) is 15.9 Å². The summed E-state index contributed by atoms with van der Waals surface area (Å²) in [7, 11) is 1.86. The maximum absolute atomic E-state index is 11.3. The van der Waals surface area contributed by atoms with E-state index in [-0.39, 0.29) is 23.4 Å². The van der Waals surface area contributed by atoms with Crippen LogP contribution in [0.3, 0.4) is 0 Å². The van der Waals surface area contributed by atoms with Crippen LogP contribution in [0.4, 0.5) is 0 Å². The van der Waals surface area contributed by atoms with Gasteiger partial charge in [-0.25, -0.2) is 9.97 Å². The van der Waals surface area contributed by atoms with Gasteiger partial charge in [-0.2, -0.15) is 0 Å². The van der Waals surface area contributed by atoms with E-state index in [2.05, 4.69) is 19.7 Å². The smallest absolute Gasteiger partial charge is 0.248 e. The number of aryl methyl sites for hydroxylation is 2. The van der Waals surface area contributed by atoms with Gasteiger partial charge in [0.25, 0.3) is 0 Å². The number of hydrogen-bond acceptors (Lipinski definition) is 9. The highest BCUT2D eigenvalue weighted by atomic mass is 32.1. The summed E-state index contributed by atoms with van der Waals surface area (Å²) in [6.07, 6.45) is 2.04. The predicted molar refractivity (Wildman–Crippen MR) is 126 cm³/mol. The van der Waals surface area contributed by atoms with Crippen LogP contribution < -0.4 is 0 Å². The molecule has 0 bridgehead atoms. The van der Waals surface area contributed by atoms with Gasteiger partial charge in [0, 0.05) is 13.1 Å². The number of H-pyrrole nitrogens is 1. The van der Waals surface area contributed by atoms with Crippen molar-refractivity contribution in [3.05, 3.63) is 11.1 Å². The highest BCUT2D eigenvalue weighted by Gasteiger charge is 2.35. The number of aromatic amines is 1. The molecule has 1 aliphatic rings. The van der Waals surface area contributed by atoms with Crippen LogP contribution in [0.15, 0.2) is 5.51 Å². The molecule has 9 nitrogen and oxygen atoms in total. The first kappa shape index (κ1) is 18.5. The molecule has 12 heteroatoms. The van der Waals surface area contributed by atoms with E-state index in [1.165, 1.54) is 34.0 Å². The molecule has 0 amide bonds. The molecule has 1 aliphatic carbocycles. The minimum Gasteiger partial charge on any atom is -0.504 e. The molecule has 32 heavy (non-hydrogen) atoms. The van der Waals surface area contributed by atoms with Gasteiger partial charge in [-0.05, 0) is 25.3 Å². The minimum absolute atomic E-state index is 0.0293. The molecule has 0 atom stereocenters. The number of nitrogens with one attached hydrogen (secondary N) is 1. The maximum atomic E-state index is 11.3. The Labute approximate surface area is 191 Å². The average molecular weight is 485 g/mol. The number of aromatic hydroxyl groups is 3. The van der Waals surface area contributed by atoms with Gasteiger partial charge in [-0.1, -0.05) is 0 Å². The third kappa shape index (κ3) is 2.19. The lowest BCUT2D eigenvalue weighted by Crippen LogP contribution is -1.98. The summed E-state index contributed by atoms with van der Waals surface area (Å²) in [5, 5.41) is 39.6. The first-order valence-corrected chi connectivity index (χ1v) is 12.5. The van der Waals surface area contributed by atoms with Gasteiger partial charge in [0.2, 0.25) is 5.88 Å². The molecule has 6 aromatic heterocycles. The molecule has 1 fully saturated rings. The Bertz CT molecular complexity index is 1670. The minimum atomic E-state index is -0.0293. The second-order valence-electron chi connectivity index (χ2n) is 8.04. The van der Waals surface area contributed by atoms with Gasteiger partial charge in [-0.3, -0.25) is 5.10 Å². The molecule has 6 aromatic rings. The van der Waals surface area contributed by atoms with Gasteiger partial charge < -0.3 is 24.5 Å². The summed E-state index contributed by atoms with van der Waals surface area (Å²) in [5.74, 6) is 0.326. The Kier molecular flexibility index (Phi) is 3.48. The lowest BCUT2D eigenvalue weighted by molar-refractivity contribution is 0.458. The molecule has 0 aromatic carbocycles. The van der Waals surface area contributed by atoms with Crippen LogP contribution in [0.5, 0.6) is 17.4 Å². The molecular formula is C20H16N6O3S3. The van der Waals surface area contributed by atoms with E-state index in [4.69, 9.17) is 4.98 Å². The van der Waals surface area contributed by atoms with E-state index in [0.717, 1.165) is 50.5 Å². The second-order valence-corrected chi connectivity index (χ2v) is 10.9. The highest BCUT2D eigenvalue weighted by molar-refractivity contribution is 7.23. The third-order valence-corrected chi connectivity index (χ3v) is 9.29. The molecule has 162 valence electrons. The Morgan fingerprint density at radius 2 is 1.81 bits per heavy atom. The zero-order valence-electron chi connectivity index (χ0n) is 16.9. The van der Waals surface area contributed by atoms with E-state index in [1.54, 1.807) is 5.51 Å². The standard InChI is InChI=1S/C20H16N6O3S3/c1-6-8-14(19(29)24-23-8)31-13(6)9-11(27)16-18(26(9)7-3-4-7)22-20(32-16)10-12(28)15-17(25(10)2)21-5-30-15/h5,7,27-28H,3-4H2,1-2H3,(H2,23,24,29). The fraction of sp³-hybridized carbons (Fsp3) is 0.250. The molecule has 0 saturated heterocycles. The number of hydrogen-bond donors (Lipinski definition) is 4. The lowest BCUT2D eigenvalue weighted by atomic mass is 10.2. The van der Waals surface area contributed by atoms with E-state index in [1.807, 2.05) is 18.5 Å². The SMILES string of the molecule is Cc1c(-c2c(O)c3sc(-c4c(O)c5scnc5n4C)nc3n2C2CC2)sc2c(O)n[nH]c12. The van der Waals surface area contributed by atoms with Crippen LogP contribution in [-0.2, 0) is 7.05 Å². The maximum Gasteiger partial charge on any atom is 0.248 e. The van der Waals surface area contributed by atoms with Crippen LogP contribution in [0, 0.1) is 6.92 Å².